The summed E-state index contributed by atoms with van der Waals surface area (Å²) in [5.41, 5.74) is 17.0. The third-order valence-electron chi connectivity index (χ3n) is 12.4. The van der Waals surface area contributed by atoms with Crippen molar-refractivity contribution in [1.82, 2.24) is 19.9 Å². The summed E-state index contributed by atoms with van der Waals surface area (Å²) in [5.74, 6) is 2.04. The van der Waals surface area contributed by atoms with E-state index in [0.717, 1.165) is 49.8 Å². The van der Waals surface area contributed by atoms with E-state index >= 15 is 0 Å². The van der Waals surface area contributed by atoms with Crippen molar-refractivity contribution in [2.75, 3.05) is 0 Å². The quantitative estimate of drug-likeness (QED) is 0.151. The van der Waals surface area contributed by atoms with E-state index in [-0.39, 0.29) is 5.92 Å². The predicted octanol–water partition coefficient (Wildman–Crippen LogP) is 14.7. The summed E-state index contributed by atoms with van der Waals surface area (Å²) in [6.45, 7) is 0. The van der Waals surface area contributed by atoms with Gasteiger partial charge in [-0.2, -0.15) is 0 Å². The van der Waals surface area contributed by atoms with Crippen LogP contribution in [0.3, 0.4) is 0 Å². The Balaban J connectivity index is 0.949. The van der Waals surface area contributed by atoms with Gasteiger partial charge < -0.3 is 0 Å². The van der Waals surface area contributed by atoms with Gasteiger partial charge in [-0.1, -0.05) is 218 Å². The Kier molecular flexibility index (Phi) is 8.86. The summed E-state index contributed by atoms with van der Waals surface area (Å²) >= 11 is 0. The first-order chi connectivity index (χ1) is 31.2. The van der Waals surface area contributed by atoms with Crippen LogP contribution in [0.2, 0.25) is 0 Å². The zero-order valence-corrected chi connectivity index (χ0v) is 34.2. The van der Waals surface area contributed by atoms with Crippen molar-refractivity contribution < 1.29 is 0 Å². The number of pyridine rings is 1. The summed E-state index contributed by atoms with van der Waals surface area (Å²) in [6, 6.07) is 79.4. The SMILES string of the molecule is c1ccc(-c2ccc(-c3nc(-c4ccccc4)nc(-c4ccc(-c5nc6ccccc6c6c(-c7cccc(C8c9ccccc9-c9ccccc98)c7)cccc56)cc4)n3)cc2)cc1. The van der Waals surface area contributed by atoms with Gasteiger partial charge in [0.25, 0.3) is 0 Å². The van der Waals surface area contributed by atoms with Crippen molar-refractivity contribution in [1.29, 1.82) is 0 Å². The molecular weight excluding hydrogens is 765 g/mol. The fourth-order valence-corrected chi connectivity index (χ4v) is 9.43. The standard InChI is InChI=1S/C59H38N4/c1-3-15-38(16-4-1)39-29-33-42(34-30-39)58-61-57(41-17-5-2-6-18-41)62-59(63-58)43-35-31-40(32-36-43)56-52-27-14-26-46(55(52)51-25-11-12-28-53(51)60-56)44-19-13-20-45(37-44)54-49-23-9-7-21-47(49)48-22-8-10-24-50(48)54/h1-37,54H. The average Bonchev–Trinajstić information content (AvgIpc) is 3.71. The molecule has 0 unspecified atom stereocenters. The van der Waals surface area contributed by atoms with Gasteiger partial charge in [-0.05, 0) is 56.1 Å². The maximum atomic E-state index is 5.34. The molecule has 0 saturated carbocycles. The molecule has 0 fully saturated rings. The van der Waals surface area contributed by atoms with Crippen LogP contribution in [-0.2, 0) is 0 Å². The van der Waals surface area contributed by atoms with Crippen LogP contribution in [0, 0.1) is 0 Å². The molecule has 0 aliphatic heterocycles. The molecular formula is C59H38N4. The van der Waals surface area contributed by atoms with Crippen LogP contribution in [0.4, 0.5) is 0 Å². The lowest BCUT2D eigenvalue weighted by atomic mass is 9.86. The number of benzene rings is 9. The van der Waals surface area contributed by atoms with E-state index in [9.17, 15) is 0 Å². The summed E-state index contributed by atoms with van der Waals surface area (Å²) in [7, 11) is 0. The summed E-state index contributed by atoms with van der Waals surface area (Å²) < 4.78 is 0. The predicted molar refractivity (Wildman–Crippen MR) is 258 cm³/mol. The van der Waals surface area contributed by atoms with E-state index in [2.05, 4.69) is 188 Å². The number of rotatable bonds is 7. The van der Waals surface area contributed by atoms with Crippen molar-refractivity contribution >= 4 is 21.7 Å². The average molecular weight is 803 g/mol. The highest BCUT2D eigenvalue weighted by Gasteiger charge is 2.29. The van der Waals surface area contributed by atoms with Gasteiger partial charge in [-0.25, -0.2) is 19.9 Å². The van der Waals surface area contributed by atoms with Crippen molar-refractivity contribution in [2.45, 2.75) is 5.92 Å². The minimum absolute atomic E-state index is 0.171. The van der Waals surface area contributed by atoms with Gasteiger partial charge in [0.2, 0.25) is 0 Å². The lowest BCUT2D eigenvalue weighted by Gasteiger charge is -2.17. The second kappa shape index (κ2) is 15.3. The Morgan fingerprint density at radius 3 is 1.38 bits per heavy atom. The monoisotopic (exact) mass is 802 g/mol. The van der Waals surface area contributed by atoms with Crippen LogP contribution >= 0.6 is 0 Å². The molecule has 9 aromatic carbocycles. The van der Waals surface area contributed by atoms with Crippen molar-refractivity contribution in [3.05, 3.63) is 241 Å². The molecule has 11 aromatic rings. The zero-order chi connectivity index (χ0) is 41.7. The largest absolute Gasteiger partial charge is 0.247 e. The third-order valence-corrected chi connectivity index (χ3v) is 12.4. The molecule has 2 aromatic heterocycles. The number of hydrogen-bond donors (Lipinski definition) is 0. The molecule has 0 N–H and O–H groups in total. The van der Waals surface area contributed by atoms with E-state index in [1.165, 1.54) is 49.9 Å². The van der Waals surface area contributed by atoms with Gasteiger partial charge in [0, 0.05) is 44.3 Å². The van der Waals surface area contributed by atoms with E-state index in [0.29, 0.717) is 17.5 Å². The first kappa shape index (κ1) is 36.5. The molecule has 1 aliphatic rings. The molecule has 4 heteroatoms. The minimum Gasteiger partial charge on any atom is -0.247 e. The lowest BCUT2D eigenvalue weighted by molar-refractivity contribution is 1.02. The second-order valence-corrected chi connectivity index (χ2v) is 16.1. The van der Waals surface area contributed by atoms with Crippen LogP contribution < -0.4 is 0 Å². The molecule has 2 heterocycles. The third kappa shape index (κ3) is 6.48. The topological polar surface area (TPSA) is 51.6 Å². The van der Waals surface area contributed by atoms with Gasteiger partial charge in [-0.15, -0.1) is 0 Å². The molecule has 12 rings (SSSR count). The van der Waals surface area contributed by atoms with Crippen molar-refractivity contribution in [2.24, 2.45) is 0 Å². The Labute approximate surface area is 365 Å². The number of aromatic nitrogens is 4. The number of nitrogens with zero attached hydrogens (tertiary/aromatic N) is 4. The van der Waals surface area contributed by atoms with Crippen molar-refractivity contribution in [3.63, 3.8) is 0 Å². The zero-order valence-electron chi connectivity index (χ0n) is 34.2. The highest BCUT2D eigenvalue weighted by atomic mass is 15.0. The van der Waals surface area contributed by atoms with Gasteiger partial charge in [0.05, 0.1) is 11.2 Å². The van der Waals surface area contributed by atoms with Crippen molar-refractivity contribution in [3.8, 4) is 78.8 Å². The van der Waals surface area contributed by atoms with E-state index < -0.39 is 0 Å². The van der Waals surface area contributed by atoms with Gasteiger partial charge >= 0.3 is 0 Å². The van der Waals surface area contributed by atoms with E-state index in [4.69, 9.17) is 19.9 Å². The first-order valence-electron chi connectivity index (χ1n) is 21.4. The van der Waals surface area contributed by atoms with Crippen LogP contribution in [0.5, 0.6) is 0 Å². The molecule has 0 radical (unpaired) electrons. The van der Waals surface area contributed by atoms with Gasteiger partial charge in [-0.3, -0.25) is 0 Å². The molecule has 4 nitrogen and oxygen atoms in total. The maximum absolute atomic E-state index is 5.34. The van der Waals surface area contributed by atoms with E-state index in [1.807, 2.05) is 36.4 Å². The Morgan fingerprint density at radius 2 is 0.730 bits per heavy atom. The normalized spacial score (nSPS) is 12.1. The molecule has 0 spiro atoms. The van der Waals surface area contributed by atoms with E-state index in [1.54, 1.807) is 0 Å². The number of hydrogen-bond acceptors (Lipinski definition) is 4. The molecule has 0 amide bonds. The molecule has 1 aliphatic carbocycles. The Hall–Kier alpha value is -8.34. The lowest BCUT2D eigenvalue weighted by Crippen LogP contribution is -2.00. The highest BCUT2D eigenvalue weighted by molar-refractivity contribution is 6.17. The summed E-state index contributed by atoms with van der Waals surface area (Å²) in [4.78, 5) is 20.4. The number of para-hydroxylation sites is 1. The summed E-state index contributed by atoms with van der Waals surface area (Å²) in [5, 5.41) is 3.43. The van der Waals surface area contributed by atoms with Crippen LogP contribution in [0.25, 0.3) is 100 Å². The minimum atomic E-state index is 0.171. The van der Waals surface area contributed by atoms with Gasteiger partial charge in [0.1, 0.15) is 0 Å². The maximum Gasteiger partial charge on any atom is 0.164 e. The van der Waals surface area contributed by atoms with Crippen LogP contribution in [0.1, 0.15) is 22.6 Å². The summed E-state index contributed by atoms with van der Waals surface area (Å²) in [6.07, 6.45) is 0. The van der Waals surface area contributed by atoms with Crippen LogP contribution in [0.15, 0.2) is 224 Å². The molecule has 63 heavy (non-hydrogen) atoms. The first-order valence-corrected chi connectivity index (χ1v) is 21.4. The molecule has 0 saturated heterocycles. The molecule has 294 valence electrons. The Morgan fingerprint density at radius 1 is 0.286 bits per heavy atom. The van der Waals surface area contributed by atoms with Gasteiger partial charge in [0.15, 0.2) is 17.5 Å². The number of fused-ring (bicyclic) bond motifs is 6. The highest BCUT2D eigenvalue weighted by Crippen LogP contribution is 2.49. The van der Waals surface area contributed by atoms with Crippen LogP contribution in [-0.4, -0.2) is 19.9 Å². The smallest absolute Gasteiger partial charge is 0.164 e. The molecule has 0 atom stereocenters. The Bertz CT molecular complexity index is 3440. The fraction of sp³-hybridized carbons (Fsp3) is 0.0169. The fourth-order valence-electron chi connectivity index (χ4n) is 9.43. The molecule has 0 bridgehead atoms. The second-order valence-electron chi connectivity index (χ2n) is 16.1.